The number of piperidine rings is 1. The van der Waals surface area contributed by atoms with E-state index in [1.54, 1.807) is 18.2 Å². The average Bonchev–Trinajstić information content (AvgIpc) is 3.10. The molecule has 1 amide bonds. The zero-order valence-corrected chi connectivity index (χ0v) is 15.6. The third-order valence-corrected chi connectivity index (χ3v) is 5.80. The lowest BCUT2D eigenvalue weighted by Crippen LogP contribution is -2.44. The summed E-state index contributed by atoms with van der Waals surface area (Å²) in [6.45, 7) is 3.35. The monoisotopic (exact) mass is 398 g/mol. The van der Waals surface area contributed by atoms with Gasteiger partial charge in [0.15, 0.2) is 0 Å². The van der Waals surface area contributed by atoms with Gasteiger partial charge in [-0.15, -0.1) is 24.5 Å². The highest BCUT2D eigenvalue weighted by Crippen LogP contribution is 2.32. The molecule has 1 saturated heterocycles. The van der Waals surface area contributed by atoms with Gasteiger partial charge in [0, 0.05) is 24.0 Å². The van der Waals surface area contributed by atoms with Crippen LogP contribution in [0.4, 0.5) is 13.2 Å². The third-order valence-electron chi connectivity index (χ3n) is 4.68. The molecule has 2 N–H and O–H groups in total. The number of nitrogens with zero attached hydrogens (tertiary/aromatic N) is 1. The van der Waals surface area contributed by atoms with E-state index in [1.165, 1.54) is 23.5 Å². The zero-order chi connectivity index (χ0) is 19.6. The van der Waals surface area contributed by atoms with E-state index in [9.17, 15) is 18.0 Å². The second-order valence-electron chi connectivity index (χ2n) is 6.75. The number of carbonyl (C=O) groups excluding carboxylic acids is 1. The van der Waals surface area contributed by atoms with Gasteiger partial charge < -0.3 is 15.4 Å². The molecule has 0 bridgehead atoms. The lowest BCUT2D eigenvalue weighted by Gasteiger charge is -2.34. The van der Waals surface area contributed by atoms with Crippen LogP contribution in [0, 0.1) is 5.92 Å². The van der Waals surface area contributed by atoms with Crippen LogP contribution >= 0.6 is 11.3 Å². The summed E-state index contributed by atoms with van der Waals surface area (Å²) in [5.41, 5.74) is 6.72. The molecule has 0 spiro atoms. The van der Waals surface area contributed by atoms with Crippen LogP contribution in [0.2, 0.25) is 0 Å². The largest absolute Gasteiger partial charge is 0.573 e. The normalized spacial score (nSPS) is 19.0. The second-order valence-corrected chi connectivity index (χ2v) is 7.83. The van der Waals surface area contributed by atoms with Gasteiger partial charge in [0.25, 0.3) is 5.91 Å². The zero-order valence-electron chi connectivity index (χ0n) is 14.8. The molecule has 27 heavy (non-hydrogen) atoms. The molecule has 4 nitrogen and oxygen atoms in total. The van der Waals surface area contributed by atoms with E-state index in [4.69, 9.17) is 5.73 Å². The van der Waals surface area contributed by atoms with Crippen molar-refractivity contribution in [3.63, 3.8) is 0 Å². The van der Waals surface area contributed by atoms with Gasteiger partial charge in [-0.25, -0.2) is 0 Å². The first-order chi connectivity index (χ1) is 12.7. The maximum atomic E-state index is 12.8. The Bertz CT molecular complexity index is 787. The van der Waals surface area contributed by atoms with E-state index >= 15 is 0 Å². The topological polar surface area (TPSA) is 55.6 Å². The van der Waals surface area contributed by atoms with Gasteiger partial charge in [-0.2, -0.15) is 0 Å². The average molecular weight is 398 g/mol. The van der Waals surface area contributed by atoms with Gasteiger partial charge in [0.05, 0.1) is 4.88 Å². The van der Waals surface area contributed by atoms with Gasteiger partial charge in [-0.05, 0) is 67.6 Å². The molecule has 0 aliphatic carbocycles. The number of hydrogen-bond donors (Lipinski definition) is 1. The summed E-state index contributed by atoms with van der Waals surface area (Å²) in [6, 6.07) is 9.26. The molecule has 1 aliphatic heterocycles. The molecule has 0 saturated carbocycles. The molecule has 2 unspecified atom stereocenters. The predicted molar refractivity (Wildman–Crippen MR) is 98.7 cm³/mol. The van der Waals surface area contributed by atoms with Crippen LogP contribution < -0.4 is 10.5 Å². The summed E-state index contributed by atoms with van der Waals surface area (Å²) in [5, 5.41) is 0. The van der Waals surface area contributed by atoms with Crippen molar-refractivity contribution in [1.82, 2.24) is 4.90 Å². The fraction of sp³-hybridized carbons (Fsp3) is 0.421. The first-order valence-electron chi connectivity index (χ1n) is 8.74. The van der Waals surface area contributed by atoms with Crippen LogP contribution in [0.25, 0.3) is 10.4 Å². The van der Waals surface area contributed by atoms with Crippen molar-refractivity contribution < 1.29 is 22.7 Å². The molecule has 1 aromatic heterocycles. The van der Waals surface area contributed by atoms with E-state index in [0.717, 1.165) is 29.8 Å². The smallest absolute Gasteiger partial charge is 0.406 e. The van der Waals surface area contributed by atoms with Gasteiger partial charge in [0.2, 0.25) is 0 Å². The Morgan fingerprint density at radius 1 is 1.26 bits per heavy atom. The summed E-state index contributed by atoms with van der Waals surface area (Å²) in [7, 11) is 0. The van der Waals surface area contributed by atoms with Gasteiger partial charge in [-0.1, -0.05) is 0 Å². The summed E-state index contributed by atoms with van der Waals surface area (Å²) >= 11 is 1.33. The Hall–Kier alpha value is -2.06. The van der Waals surface area contributed by atoms with Crippen molar-refractivity contribution >= 4 is 17.2 Å². The van der Waals surface area contributed by atoms with Crippen molar-refractivity contribution in [1.29, 1.82) is 0 Å². The predicted octanol–water partition coefficient (Wildman–Crippen LogP) is 4.51. The van der Waals surface area contributed by atoms with Crippen LogP contribution in [0.1, 0.15) is 29.4 Å². The van der Waals surface area contributed by atoms with Crippen molar-refractivity contribution in [2.24, 2.45) is 11.7 Å². The van der Waals surface area contributed by atoms with E-state index in [0.29, 0.717) is 17.3 Å². The SMILES string of the molecule is CC(N)C1CCCN(C(=O)c2ccc(-c3ccc(OC(F)(F)F)cc3)s2)C1. The molecule has 1 aliphatic rings. The molecule has 2 atom stereocenters. The summed E-state index contributed by atoms with van der Waals surface area (Å²) in [6.07, 6.45) is -2.74. The number of hydrogen-bond acceptors (Lipinski definition) is 4. The summed E-state index contributed by atoms with van der Waals surface area (Å²) in [4.78, 5) is 16.0. The number of benzene rings is 1. The molecule has 2 aromatic rings. The molecule has 0 radical (unpaired) electrons. The number of likely N-dealkylation sites (tertiary alicyclic amines) is 1. The number of halogens is 3. The van der Waals surface area contributed by atoms with Gasteiger partial charge >= 0.3 is 6.36 Å². The van der Waals surface area contributed by atoms with Crippen molar-refractivity contribution in [2.75, 3.05) is 13.1 Å². The molecular formula is C19H21F3N2O2S. The molecule has 1 aromatic carbocycles. The van der Waals surface area contributed by atoms with Gasteiger partial charge in [0.1, 0.15) is 5.75 Å². The number of nitrogens with two attached hydrogens (primary N) is 1. The van der Waals surface area contributed by atoms with Crippen LogP contribution in [-0.2, 0) is 0 Å². The van der Waals surface area contributed by atoms with E-state index in [2.05, 4.69) is 4.74 Å². The number of rotatable bonds is 4. The molecule has 146 valence electrons. The lowest BCUT2D eigenvalue weighted by molar-refractivity contribution is -0.274. The number of thiophene rings is 1. The number of alkyl halides is 3. The fourth-order valence-corrected chi connectivity index (χ4v) is 4.19. The Morgan fingerprint density at radius 2 is 1.96 bits per heavy atom. The Balaban J connectivity index is 1.70. The minimum atomic E-state index is -4.71. The highest BCUT2D eigenvalue weighted by molar-refractivity contribution is 7.17. The summed E-state index contributed by atoms with van der Waals surface area (Å²) in [5.74, 6) is 0.0197. The van der Waals surface area contributed by atoms with E-state index in [-0.39, 0.29) is 17.7 Å². The van der Waals surface area contributed by atoms with Crippen molar-refractivity contribution in [3.05, 3.63) is 41.3 Å². The maximum absolute atomic E-state index is 12.8. The minimum Gasteiger partial charge on any atom is -0.406 e. The highest BCUT2D eigenvalue weighted by atomic mass is 32.1. The van der Waals surface area contributed by atoms with Crippen molar-refractivity contribution in [2.45, 2.75) is 32.2 Å². The van der Waals surface area contributed by atoms with Crippen LogP contribution in [-0.4, -0.2) is 36.3 Å². The number of amides is 1. The number of ether oxygens (including phenoxy) is 1. The fourth-order valence-electron chi connectivity index (χ4n) is 3.21. The molecule has 3 rings (SSSR count). The van der Waals surface area contributed by atoms with Crippen molar-refractivity contribution in [3.8, 4) is 16.2 Å². The highest BCUT2D eigenvalue weighted by Gasteiger charge is 2.31. The van der Waals surface area contributed by atoms with Gasteiger partial charge in [-0.3, -0.25) is 4.79 Å². The number of carbonyl (C=O) groups is 1. The Morgan fingerprint density at radius 3 is 2.59 bits per heavy atom. The first-order valence-corrected chi connectivity index (χ1v) is 9.55. The second kappa shape index (κ2) is 7.90. The Kier molecular flexibility index (Phi) is 5.76. The first kappa shape index (κ1) is 19.7. The standard InChI is InChI=1S/C19H21F3N2O2S/c1-12(23)14-3-2-10-24(11-14)18(25)17-9-8-16(27-17)13-4-6-15(7-5-13)26-19(20,21)22/h4-9,12,14H,2-3,10-11,23H2,1H3. The Labute approximate surface area is 159 Å². The van der Waals surface area contributed by atoms with Crippen LogP contribution in [0.5, 0.6) is 5.75 Å². The van der Waals surface area contributed by atoms with E-state index < -0.39 is 6.36 Å². The minimum absolute atomic E-state index is 0.0198. The van der Waals surface area contributed by atoms with Crippen LogP contribution in [0.3, 0.4) is 0 Å². The summed E-state index contributed by atoms with van der Waals surface area (Å²) < 4.78 is 40.6. The molecular weight excluding hydrogens is 377 g/mol. The molecule has 2 heterocycles. The quantitative estimate of drug-likeness (QED) is 0.824. The lowest BCUT2D eigenvalue weighted by atomic mass is 9.92. The van der Waals surface area contributed by atoms with Crippen LogP contribution in [0.15, 0.2) is 36.4 Å². The molecule has 1 fully saturated rings. The molecule has 8 heteroatoms. The third kappa shape index (κ3) is 5.01. The maximum Gasteiger partial charge on any atom is 0.573 e. The van der Waals surface area contributed by atoms with E-state index in [1.807, 2.05) is 17.9 Å².